The van der Waals surface area contributed by atoms with Crippen LogP contribution in [0.2, 0.25) is 0 Å². The van der Waals surface area contributed by atoms with Gasteiger partial charge in [0.25, 0.3) is 0 Å². The number of rotatable bonds is 30. The largest absolute Gasteiger partial charge is 0.587 e. The number of para-hydroxylation sites is 4. The minimum Gasteiger partial charge on any atom is -0.416 e. The van der Waals surface area contributed by atoms with Crippen molar-refractivity contribution in [2.45, 2.75) is 109 Å². The van der Waals surface area contributed by atoms with Gasteiger partial charge in [0, 0.05) is 59.0 Å². The van der Waals surface area contributed by atoms with E-state index in [9.17, 15) is 18.3 Å². The molecule has 4 rings (SSSR count). The zero-order chi connectivity index (χ0) is 54.1. The third-order valence-electron chi connectivity index (χ3n) is 11.9. The van der Waals surface area contributed by atoms with Crippen molar-refractivity contribution < 1.29 is 45.4 Å². The molecule has 0 fully saturated rings. The van der Waals surface area contributed by atoms with Crippen LogP contribution in [0.1, 0.15) is 109 Å². The highest BCUT2D eigenvalue weighted by Crippen LogP contribution is 2.54. The highest BCUT2D eigenvalue weighted by atomic mass is 31.2. The van der Waals surface area contributed by atoms with Gasteiger partial charge < -0.3 is 22.6 Å². The molecular formula is C54H92N4O10P4. The van der Waals surface area contributed by atoms with Crippen molar-refractivity contribution >= 4 is 30.5 Å². The zero-order valence-electron chi connectivity index (χ0n) is 46.3. The Hall–Kier alpha value is -3.24. The van der Waals surface area contributed by atoms with Crippen molar-refractivity contribution in [2.75, 3.05) is 78.9 Å². The Bertz CT molecular complexity index is 2020. The van der Waals surface area contributed by atoms with Crippen molar-refractivity contribution in [2.24, 2.45) is 11.8 Å². The molecule has 14 nitrogen and oxygen atoms in total. The molecular weight excluding hydrogens is 989 g/mol. The minimum atomic E-state index is -3.74. The third kappa shape index (κ3) is 24.4. The number of hydrogen-bond acceptors (Lipinski definition) is 10. The van der Waals surface area contributed by atoms with Gasteiger partial charge in [-0.2, -0.15) is 0 Å². The van der Waals surface area contributed by atoms with Gasteiger partial charge in [0.2, 0.25) is 7.44 Å². The fourth-order valence-electron chi connectivity index (χ4n) is 7.28. The lowest BCUT2D eigenvalue weighted by Crippen LogP contribution is -2.33. The van der Waals surface area contributed by atoms with Crippen LogP contribution in [0.3, 0.4) is 0 Å². The molecule has 0 heterocycles. The molecule has 0 aliphatic heterocycles. The molecule has 0 spiro atoms. The Morgan fingerprint density at radius 1 is 0.361 bits per heavy atom. The van der Waals surface area contributed by atoms with E-state index in [0.29, 0.717) is 48.0 Å². The Morgan fingerprint density at radius 2 is 0.611 bits per heavy atom. The molecule has 18 heteroatoms. The second-order valence-corrected chi connectivity index (χ2v) is 25.3. The summed E-state index contributed by atoms with van der Waals surface area (Å²) in [6, 6.07) is 35.8. The molecule has 0 saturated carbocycles. The zero-order valence-corrected chi connectivity index (χ0v) is 49.8. The molecule has 72 heavy (non-hydrogen) atoms. The molecule has 0 unspecified atom stereocenters. The average Bonchev–Trinajstić information content (AvgIpc) is 3.37. The summed E-state index contributed by atoms with van der Waals surface area (Å²) in [5.41, 5.74) is 0. The summed E-state index contributed by atoms with van der Waals surface area (Å²) in [6.45, 7) is 35.6. The maximum absolute atomic E-state index is 13.3. The van der Waals surface area contributed by atoms with E-state index < -0.39 is 30.5 Å². The van der Waals surface area contributed by atoms with Gasteiger partial charge in [0.15, 0.2) is 0 Å². The molecule has 0 radical (unpaired) electrons. The van der Waals surface area contributed by atoms with E-state index >= 15 is 0 Å². The molecule has 0 N–H and O–H groups in total. The molecule has 4 aromatic rings. The van der Waals surface area contributed by atoms with E-state index in [1.807, 2.05) is 116 Å². The van der Waals surface area contributed by atoms with E-state index in [4.69, 9.17) is 27.1 Å². The Labute approximate surface area is 436 Å². The SMILES string of the molecule is CCC(CC)COP(=O)(N(CC)CC)N(CC)CC.CCC(CC)COP(=O)(Oc1ccccc1)Oc1ccccc1.CCN(CC)P(C)(=O)N(CC)CC.CP(=O)(Oc1ccccc1)Oc1ccccc1. The lowest BCUT2D eigenvalue weighted by Gasteiger charge is -2.37. The average molecular weight is 1080 g/mol. The van der Waals surface area contributed by atoms with E-state index in [0.717, 1.165) is 78.0 Å². The molecule has 0 bridgehead atoms. The maximum Gasteiger partial charge on any atom is 0.587 e. The highest BCUT2D eigenvalue weighted by Gasteiger charge is 2.36. The standard InChI is InChI=1S/C18H23O4P.C14H33N2O2P.C13H13O3P.C9H23N2OP/c1-3-16(4-2)15-20-23(19,21-17-11-7-5-8-12-17)22-18-13-9-6-10-14-18;1-7-14(8-2)13-18-19(17,15(9-3)10-4)16(11-5)12-6;1-17(14,15-12-8-4-2-5-9-12)16-13-10-6-3-7-11-13;1-6-10(7-2)13(5,12)11(8-3)9-4/h5-14,16H,3-4,15H2,1-2H3;14H,7-13H2,1-6H3;2-11H,1H3;6-9H2,1-5H3. The Kier molecular flexibility index (Phi) is 34.0. The van der Waals surface area contributed by atoms with Gasteiger partial charge in [-0.3, -0.25) is 13.7 Å². The van der Waals surface area contributed by atoms with Gasteiger partial charge in [-0.25, -0.2) is 27.8 Å². The second-order valence-electron chi connectivity index (χ2n) is 16.7. The van der Waals surface area contributed by atoms with E-state index in [1.54, 1.807) is 48.5 Å². The smallest absolute Gasteiger partial charge is 0.416 e. The predicted octanol–water partition coefficient (Wildman–Crippen LogP) is 16.4. The van der Waals surface area contributed by atoms with Gasteiger partial charge in [0.1, 0.15) is 23.0 Å². The summed E-state index contributed by atoms with van der Waals surface area (Å²) in [5.74, 6) is 2.80. The molecule has 0 aliphatic rings. The van der Waals surface area contributed by atoms with Crippen molar-refractivity contribution in [3.8, 4) is 23.0 Å². The second kappa shape index (κ2) is 36.7. The van der Waals surface area contributed by atoms with Crippen molar-refractivity contribution in [1.82, 2.24) is 18.7 Å². The van der Waals surface area contributed by atoms with Gasteiger partial charge in [-0.05, 0) is 60.4 Å². The quantitative estimate of drug-likeness (QED) is 0.0458. The Balaban J connectivity index is 0.000000490. The number of phosphoric ester groups is 1. The molecule has 408 valence electrons. The fourth-order valence-corrected chi connectivity index (χ4v) is 14.6. The van der Waals surface area contributed by atoms with Crippen LogP contribution in [0.15, 0.2) is 121 Å². The molecule has 0 aromatic heterocycles. The van der Waals surface area contributed by atoms with E-state index in [-0.39, 0.29) is 0 Å². The van der Waals surface area contributed by atoms with Gasteiger partial charge in [-0.15, -0.1) is 0 Å². The summed E-state index contributed by atoms with van der Waals surface area (Å²) in [5, 5.41) is 0. The van der Waals surface area contributed by atoms with Crippen LogP contribution in [0.25, 0.3) is 0 Å². The monoisotopic (exact) mass is 1080 g/mol. The highest BCUT2D eigenvalue weighted by molar-refractivity contribution is 7.58. The van der Waals surface area contributed by atoms with Crippen LogP contribution in [0.4, 0.5) is 0 Å². The van der Waals surface area contributed by atoms with Crippen LogP contribution >= 0.6 is 30.5 Å². The summed E-state index contributed by atoms with van der Waals surface area (Å²) in [6.07, 6.45) is 4.06. The normalized spacial score (nSPS) is 11.9. The molecule has 0 atom stereocenters. The Morgan fingerprint density at radius 3 is 0.861 bits per heavy atom. The summed E-state index contributed by atoms with van der Waals surface area (Å²) in [4.78, 5) is 0. The van der Waals surface area contributed by atoms with Gasteiger partial charge in [-0.1, -0.05) is 182 Å². The fraction of sp³-hybridized carbons (Fsp3) is 0.556. The number of phosphoric acid groups is 1. The van der Waals surface area contributed by atoms with Crippen LogP contribution < -0.4 is 18.1 Å². The molecule has 0 saturated heterocycles. The first kappa shape index (κ1) is 66.8. The topological polar surface area (TPSA) is 137 Å². The summed E-state index contributed by atoms with van der Waals surface area (Å²) < 4.78 is 92.2. The predicted molar refractivity (Wildman–Crippen MR) is 302 cm³/mol. The first-order chi connectivity index (χ1) is 34.4. The van der Waals surface area contributed by atoms with Crippen LogP contribution in [-0.4, -0.2) is 97.6 Å². The van der Waals surface area contributed by atoms with Crippen molar-refractivity contribution in [1.29, 1.82) is 0 Å². The van der Waals surface area contributed by atoms with Crippen molar-refractivity contribution in [3.05, 3.63) is 121 Å². The minimum absolute atomic E-state index is 0.321. The first-order valence-corrected chi connectivity index (χ1v) is 33.1. The summed E-state index contributed by atoms with van der Waals surface area (Å²) >= 11 is 0. The van der Waals surface area contributed by atoms with Crippen molar-refractivity contribution in [3.63, 3.8) is 0 Å². The van der Waals surface area contributed by atoms with Gasteiger partial charge >= 0.3 is 23.1 Å². The van der Waals surface area contributed by atoms with Crippen LogP contribution in [-0.2, 0) is 27.3 Å². The van der Waals surface area contributed by atoms with E-state index in [1.165, 1.54) is 6.66 Å². The number of nitrogens with zero attached hydrogens (tertiary/aromatic N) is 4. The molecule has 4 aromatic carbocycles. The summed E-state index contributed by atoms with van der Waals surface area (Å²) in [7, 11) is -12.0. The van der Waals surface area contributed by atoms with Gasteiger partial charge in [0.05, 0.1) is 19.9 Å². The first-order valence-electron chi connectivity index (χ1n) is 26.0. The van der Waals surface area contributed by atoms with Crippen LogP contribution in [0.5, 0.6) is 23.0 Å². The number of hydrogen-bond donors (Lipinski definition) is 0. The molecule has 0 aliphatic carbocycles. The third-order valence-corrected chi connectivity index (χ3v) is 20.6. The molecule has 0 amide bonds. The lowest BCUT2D eigenvalue weighted by molar-refractivity contribution is 0.174. The number of benzene rings is 4. The van der Waals surface area contributed by atoms with E-state index in [2.05, 4.69) is 64.7 Å². The van der Waals surface area contributed by atoms with Crippen LogP contribution in [0, 0.1) is 11.8 Å². The maximum atomic E-state index is 13.3. The lowest BCUT2D eigenvalue weighted by atomic mass is 10.1.